The van der Waals surface area contributed by atoms with E-state index in [1.807, 2.05) is 0 Å². The van der Waals surface area contributed by atoms with Gasteiger partial charge in [0.15, 0.2) is 0 Å². The highest BCUT2D eigenvalue weighted by Crippen LogP contribution is 2.26. The quantitative estimate of drug-likeness (QED) is 0.594. The number of nitrogens with zero attached hydrogens (tertiary/aromatic N) is 3. The summed E-state index contributed by atoms with van der Waals surface area (Å²) in [6.45, 7) is 2.56. The van der Waals surface area contributed by atoms with Gasteiger partial charge in [-0.1, -0.05) is 22.4 Å². The van der Waals surface area contributed by atoms with Gasteiger partial charge in [-0.25, -0.2) is 9.97 Å². The second-order valence-electron chi connectivity index (χ2n) is 4.85. The summed E-state index contributed by atoms with van der Waals surface area (Å²) in [4.78, 5) is 11.3. The minimum absolute atomic E-state index is 0.728. The standard InChI is InChI=1S/C14H22BrN3O/c1-19-10-9-18(8-7-15)14-12-5-3-2-4-6-13(12)16-11-17-14/h11H,2-10H2,1H3. The summed E-state index contributed by atoms with van der Waals surface area (Å²) in [7, 11) is 1.74. The summed E-state index contributed by atoms with van der Waals surface area (Å²) >= 11 is 3.52. The van der Waals surface area contributed by atoms with Crippen LogP contribution >= 0.6 is 15.9 Å². The average Bonchev–Trinajstić information content (AvgIpc) is 2.68. The third-order valence-electron chi connectivity index (χ3n) is 3.57. The SMILES string of the molecule is COCCN(CCBr)c1ncnc2c1CCCCC2. The van der Waals surface area contributed by atoms with Crippen LogP contribution in [0.2, 0.25) is 0 Å². The van der Waals surface area contributed by atoms with Crippen LogP contribution in [0.25, 0.3) is 0 Å². The molecule has 0 aliphatic heterocycles. The monoisotopic (exact) mass is 327 g/mol. The van der Waals surface area contributed by atoms with Gasteiger partial charge in [0, 0.05) is 36.8 Å². The maximum atomic E-state index is 5.21. The molecule has 1 aliphatic rings. The second kappa shape index (κ2) is 7.80. The smallest absolute Gasteiger partial charge is 0.135 e. The van der Waals surface area contributed by atoms with Gasteiger partial charge in [-0.3, -0.25) is 0 Å². The third kappa shape index (κ3) is 3.89. The van der Waals surface area contributed by atoms with E-state index in [9.17, 15) is 0 Å². The van der Waals surface area contributed by atoms with E-state index in [0.29, 0.717) is 0 Å². The van der Waals surface area contributed by atoms with E-state index in [1.54, 1.807) is 13.4 Å². The first-order valence-corrected chi connectivity index (χ1v) is 8.11. The van der Waals surface area contributed by atoms with E-state index >= 15 is 0 Å². The lowest BCUT2D eigenvalue weighted by molar-refractivity contribution is 0.205. The van der Waals surface area contributed by atoms with Crippen molar-refractivity contribution in [3.8, 4) is 0 Å². The van der Waals surface area contributed by atoms with Gasteiger partial charge in [-0.15, -0.1) is 0 Å². The zero-order valence-electron chi connectivity index (χ0n) is 11.6. The molecule has 0 unspecified atom stereocenters. The number of anilines is 1. The molecular weight excluding hydrogens is 306 g/mol. The Labute approximate surface area is 123 Å². The summed E-state index contributed by atoms with van der Waals surface area (Å²) < 4.78 is 5.21. The predicted octanol–water partition coefficient (Wildman–Crippen LogP) is 2.59. The Morgan fingerprint density at radius 1 is 1.21 bits per heavy atom. The van der Waals surface area contributed by atoms with Gasteiger partial charge in [0.1, 0.15) is 12.1 Å². The van der Waals surface area contributed by atoms with Crippen molar-refractivity contribution in [1.82, 2.24) is 9.97 Å². The minimum Gasteiger partial charge on any atom is -0.383 e. The highest BCUT2D eigenvalue weighted by Gasteiger charge is 2.18. The molecule has 1 aromatic rings. The van der Waals surface area contributed by atoms with Crippen molar-refractivity contribution < 1.29 is 4.74 Å². The molecule has 0 saturated carbocycles. The van der Waals surface area contributed by atoms with Crippen molar-refractivity contribution >= 4 is 21.7 Å². The number of halogens is 1. The van der Waals surface area contributed by atoms with Gasteiger partial charge < -0.3 is 9.64 Å². The first kappa shape index (κ1) is 14.7. The summed E-state index contributed by atoms with van der Waals surface area (Å²) in [6.07, 6.45) is 7.72. The Kier molecular flexibility index (Phi) is 6.04. The normalized spacial score (nSPS) is 14.8. The number of aryl methyl sites for hydroxylation is 1. The van der Waals surface area contributed by atoms with E-state index in [1.165, 1.54) is 30.5 Å². The van der Waals surface area contributed by atoms with Gasteiger partial charge >= 0.3 is 0 Å². The molecule has 0 atom stereocenters. The number of methoxy groups -OCH3 is 1. The van der Waals surface area contributed by atoms with Crippen molar-refractivity contribution in [2.75, 3.05) is 37.0 Å². The summed E-state index contributed by atoms with van der Waals surface area (Å²) in [6, 6.07) is 0. The molecule has 0 N–H and O–H groups in total. The molecular formula is C14H22BrN3O. The fraction of sp³-hybridized carbons (Fsp3) is 0.714. The molecule has 1 aromatic heterocycles. The van der Waals surface area contributed by atoms with Crippen LogP contribution in [0.4, 0.5) is 5.82 Å². The summed E-state index contributed by atoms with van der Waals surface area (Å²) in [5, 5.41) is 0.940. The zero-order chi connectivity index (χ0) is 13.5. The van der Waals surface area contributed by atoms with Crippen LogP contribution in [0.15, 0.2) is 6.33 Å². The Morgan fingerprint density at radius 3 is 2.84 bits per heavy atom. The van der Waals surface area contributed by atoms with Gasteiger partial charge in [-0.2, -0.15) is 0 Å². The molecule has 106 valence electrons. The lowest BCUT2D eigenvalue weighted by Crippen LogP contribution is -2.31. The van der Waals surface area contributed by atoms with E-state index in [4.69, 9.17) is 4.74 Å². The van der Waals surface area contributed by atoms with Crippen molar-refractivity contribution in [3.63, 3.8) is 0 Å². The average molecular weight is 328 g/mol. The molecule has 2 rings (SSSR count). The topological polar surface area (TPSA) is 38.2 Å². The molecule has 0 radical (unpaired) electrons. The molecule has 0 spiro atoms. The highest BCUT2D eigenvalue weighted by atomic mass is 79.9. The number of alkyl halides is 1. The number of hydrogen-bond donors (Lipinski definition) is 0. The number of aromatic nitrogens is 2. The molecule has 0 fully saturated rings. The van der Waals surface area contributed by atoms with Crippen molar-refractivity contribution in [3.05, 3.63) is 17.6 Å². The largest absolute Gasteiger partial charge is 0.383 e. The van der Waals surface area contributed by atoms with Gasteiger partial charge in [0.05, 0.1) is 6.61 Å². The van der Waals surface area contributed by atoms with Crippen LogP contribution in [0.1, 0.15) is 30.5 Å². The fourth-order valence-corrected chi connectivity index (χ4v) is 3.01. The summed E-state index contributed by atoms with van der Waals surface area (Å²) in [5.41, 5.74) is 2.61. The number of ether oxygens (including phenoxy) is 1. The van der Waals surface area contributed by atoms with Crippen LogP contribution in [0.3, 0.4) is 0 Å². The Hall–Kier alpha value is -0.680. The van der Waals surface area contributed by atoms with Crippen molar-refractivity contribution in [2.45, 2.75) is 32.1 Å². The van der Waals surface area contributed by atoms with E-state index in [2.05, 4.69) is 30.8 Å². The molecule has 1 aliphatic carbocycles. The number of fused-ring (bicyclic) bond motifs is 1. The predicted molar refractivity (Wildman–Crippen MR) is 81.2 cm³/mol. The minimum atomic E-state index is 0.728. The van der Waals surface area contributed by atoms with Crippen LogP contribution in [-0.2, 0) is 17.6 Å². The molecule has 0 aromatic carbocycles. The number of rotatable bonds is 6. The Morgan fingerprint density at radius 2 is 2.05 bits per heavy atom. The highest BCUT2D eigenvalue weighted by molar-refractivity contribution is 9.09. The van der Waals surface area contributed by atoms with E-state index in [0.717, 1.165) is 43.7 Å². The Bertz CT molecular complexity index is 400. The molecule has 4 nitrogen and oxygen atoms in total. The van der Waals surface area contributed by atoms with Crippen molar-refractivity contribution in [2.24, 2.45) is 0 Å². The van der Waals surface area contributed by atoms with Gasteiger partial charge in [0.2, 0.25) is 0 Å². The second-order valence-corrected chi connectivity index (χ2v) is 5.65. The maximum Gasteiger partial charge on any atom is 0.135 e. The molecule has 0 saturated heterocycles. The van der Waals surface area contributed by atoms with Gasteiger partial charge in [-0.05, 0) is 25.7 Å². The number of hydrogen-bond acceptors (Lipinski definition) is 4. The fourth-order valence-electron chi connectivity index (χ4n) is 2.58. The first-order chi connectivity index (χ1) is 9.36. The lowest BCUT2D eigenvalue weighted by Gasteiger charge is -2.25. The van der Waals surface area contributed by atoms with Crippen LogP contribution in [0, 0.1) is 0 Å². The van der Waals surface area contributed by atoms with E-state index < -0.39 is 0 Å². The summed E-state index contributed by atoms with van der Waals surface area (Å²) in [5.74, 6) is 1.11. The molecule has 5 heteroatoms. The van der Waals surface area contributed by atoms with Gasteiger partial charge in [0.25, 0.3) is 0 Å². The van der Waals surface area contributed by atoms with Crippen LogP contribution < -0.4 is 4.90 Å². The first-order valence-electron chi connectivity index (χ1n) is 6.99. The third-order valence-corrected chi connectivity index (χ3v) is 3.93. The van der Waals surface area contributed by atoms with Crippen molar-refractivity contribution in [1.29, 1.82) is 0 Å². The molecule has 19 heavy (non-hydrogen) atoms. The zero-order valence-corrected chi connectivity index (χ0v) is 13.2. The molecule has 0 bridgehead atoms. The lowest BCUT2D eigenvalue weighted by atomic mass is 10.1. The van der Waals surface area contributed by atoms with Crippen LogP contribution in [-0.4, -0.2) is 42.1 Å². The maximum absolute atomic E-state index is 5.21. The Balaban J connectivity index is 2.25. The van der Waals surface area contributed by atoms with Crippen LogP contribution in [0.5, 0.6) is 0 Å². The molecule has 0 amide bonds. The molecule has 1 heterocycles. The van der Waals surface area contributed by atoms with E-state index in [-0.39, 0.29) is 0 Å².